The maximum Gasteiger partial charge on any atom is 0.112 e. The number of rotatable bonds is 12. The van der Waals surface area contributed by atoms with Crippen LogP contribution in [0, 0.1) is 0 Å². The molecule has 2 fully saturated rings. The SMILES string of the molecule is c1ccc(COCC[C@@H]2C[C@H](OCc3ccccc3)[C@@H](OCc3ccccc3)[C@H](C3SCCCS3)O2)cc1. The van der Waals surface area contributed by atoms with Crippen molar-refractivity contribution in [1.82, 2.24) is 0 Å². The van der Waals surface area contributed by atoms with Gasteiger partial charge in [0.1, 0.15) is 12.2 Å². The maximum absolute atomic E-state index is 6.83. The van der Waals surface area contributed by atoms with Crippen molar-refractivity contribution in [1.29, 1.82) is 0 Å². The summed E-state index contributed by atoms with van der Waals surface area (Å²) in [6, 6.07) is 31.2. The summed E-state index contributed by atoms with van der Waals surface area (Å²) >= 11 is 4.02. The number of benzene rings is 3. The molecule has 6 heteroatoms. The standard InChI is InChI=1S/C32H38O4S2/c1-4-11-25(12-5-1)22-33-18-17-28-21-29(34-23-26-13-6-2-7-14-26)30(35-24-27-15-8-3-9-16-27)31(36-28)32-37-19-10-20-38-32/h1-9,11-16,28-32H,10,17-24H2/t28-,29+,30-,31-/m1/s1. The summed E-state index contributed by atoms with van der Waals surface area (Å²) < 4.78 is 26.5. The van der Waals surface area contributed by atoms with Gasteiger partial charge in [0.25, 0.3) is 0 Å². The Hall–Kier alpha value is -1.80. The molecule has 0 spiro atoms. The third-order valence-corrected chi connectivity index (χ3v) is 10.0. The van der Waals surface area contributed by atoms with Crippen LogP contribution in [0.2, 0.25) is 0 Å². The van der Waals surface area contributed by atoms with Gasteiger partial charge in [0.15, 0.2) is 0 Å². The average Bonchev–Trinajstić information content (AvgIpc) is 2.99. The minimum Gasteiger partial charge on any atom is -0.377 e. The van der Waals surface area contributed by atoms with E-state index in [2.05, 4.69) is 72.8 Å². The molecule has 0 unspecified atom stereocenters. The maximum atomic E-state index is 6.83. The Labute approximate surface area is 235 Å². The normalized spacial score (nSPS) is 24.3. The highest BCUT2D eigenvalue weighted by atomic mass is 32.2. The van der Waals surface area contributed by atoms with Crippen molar-refractivity contribution in [2.45, 2.75) is 68.1 Å². The Balaban J connectivity index is 1.27. The molecular weight excluding hydrogens is 512 g/mol. The van der Waals surface area contributed by atoms with Crippen LogP contribution in [0.3, 0.4) is 0 Å². The lowest BCUT2D eigenvalue weighted by atomic mass is 9.96. The van der Waals surface area contributed by atoms with E-state index in [1.165, 1.54) is 34.6 Å². The first-order valence-corrected chi connectivity index (χ1v) is 15.8. The Morgan fingerprint density at radius 3 is 1.84 bits per heavy atom. The van der Waals surface area contributed by atoms with Crippen LogP contribution in [0.25, 0.3) is 0 Å². The third-order valence-electron chi connectivity index (χ3n) is 6.94. The quantitative estimate of drug-likeness (QED) is 0.224. The lowest BCUT2D eigenvalue weighted by molar-refractivity contribution is -0.205. The Morgan fingerprint density at radius 1 is 0.684 bits per heavy atom. The molecule has 3 aromatic rings. The van der Waals surface area contributed by atoms with Gasteiger partial charge in [-0.25, -0.2) is 0 Å². The first-order valence-electron chi connectivity index (χ1n) is 13.7. The van der Waals surface area contributed by atoms with Gasteiger partial charge >= 0.3 is 0 Å². The molecule has 0 aromatic heterocycles. The molecule has 0 bridgehead atoms. The van der Waals surface area contributed by atoms with Crippen LogP contribution in [0.1, 0.15) is 36.0 Å². The van der Waals surface area contributed by atoms with Crippen molar-refractivity contribution in [3.8, 4) is 0 Å². The first-order chi connectivity index (χ1) is 18.8. The molecule has 2 heterocycles. The van der Waals surface area contributed by atoms with E-state index in [1.807, 2.05) is 41.7 Å². The van der Waals surface area contributed by atoms with Crippen molar-refractivity contribution in [2.75, 3.05) is 18.1 Å². The fourth-order valence-corrected chi connectivity index (χ4v) is 8.00. The molecule has 2 aliphatic heterocycles. The van der Waals surface area contributed by atoms with Gasteiger partial charge in [0, 0.05) is 13.0 Å². The van der Waals surface area contributed by atoms with E-state index < -0.39 is 0 Å². The molecule has 0 N–H and O–H groups in total. The second kappa shape index (κ2) is 15.1. The average molecular weight is 551 g/mol. The second-order valence-electron chi connectivity index (χ2n) is 9.85. The van der Waals surface area contributed by atoms with Crippen LogP contribution < -0.4 is 0 Å². The minimum absolute atomic E-state index is 0.0253. The highest BCUT2D eigenvalue weighted by molar-refractivity contribution is 8.17. The molecule has 2 aliphatic rings. The predicted octanol–water partition coefficient (Wildman–Crippen LogP) is 7.12. The summed E-state index contributed by atoms with van der Waals surface area (Å²) in [6.07, 6.45) is 2.79. The number of hydrogen-bond donors (Lipinski definition) is 0. The van der Waals surface area contributed by atoms with E-state index in [-0.39, 0.29) is 24.4 Å². The molecule has 2 saturated heterocycles. The smallest absolute Gasteiger partial charge is 0.112 e. The summed E-state index contributed by atoms with van der Waals surface area (Å²) in [5.41, 5.74) is 3.55. The molecule has 38 heavy (non-hydrogen) atoms. The van der Waals surface area contributed by atoms with E-state index in [4.69, 9.17) is 18.9 Å². The number of hydrogen-bond acceptors (Lipinski definition) is 6. The molecule has 4 atom stereocenters. The molecule has 0 aliphatic carbocycles. The largest absolute Gasteiger partial charge is 0.377 e. The number of ether oxygens (including phenoxy) is 4. The van der Waals surface area contributed by atoms with E-state index in [0.29, 0.717) is 31.0 Å². The monoisotopic (exact) mass is 550 g/mol. The van der Waals surface area contributed by atoms with Crippen LogP contribution in [0.5, 0.6) is 0 Å². The predicted molar refractivity (Wildman–Crippen MR) is 157 cm³/mol. The Morgan fingerprint density at radius 2 is 1.24 bits per heavy atom. The van der Waals surface area contributed by atoms with Gasteiger partial charge in [-0.15, -0.1) is 23.5 Å². The molecule has 4 nitrogen and oxygen atoms in total. The summed E-state index contributed by atoms with van der Waals surface area (Å²) in [5.74, 6) is 2.34. The van der Waals surface area contributed by atoms with Gasteiger partial charge in [0.2, 0.25) is 0 Å². The summed E-state index contributed by atoms with van der Waals surface area (Å²) in [5, 5.41) is 0. The fourth-order valence-electron chi connectivity index (χ4n) is 4.95. The van der Waals surface area contributed by atoms with Gasteiger partial charge < -0.3 is 18.9 Å². The lowest BCUT2D eigenvalue weighted by Crippen LogP contribution is -2.54. The minimum atomic E-state index is -0.122. The van der Waals surface area contributed by atoms with Crippen molar-refractivity contribution in [3.05, 3.63) is 108 Å². The van der Waals surface area contributed by atoms with Crippen LogP contribution in [-0.4, -0.2) is 47.1 Å². The zero-order chi connectivity index (χ0) is 25.8. The van der Waals surface area contributed by atoms with E-state index in [0.717, 1.165) is 12.8 Å². The van der Waals surface area contributed by atoms with E-state index in [1.54, 1.807) is 0 Å². The molecule has 0 saturated carbocycles. The van der Waals surface area contributed by atoms with Crippen LogP contribution in [0.15, 0.2) is 91.0 Å². The van der Waals surface area contributed by atoms with E-state index >= 15 is 0 Å². The molecule has 5 rings (SSSR count). The van der Waals surface area contributed by atoms with Crippen molar-refractivity contribution in [2.24, 2.45) is 0 Å². The third kappa shape index (κ3) is 8.35. The lowest BCUT2D eigenvalue weighted by Gasteiger charge is -2.45. The molecule has 0 radical (unpaired) electrons. The summed E-state index contributed by atoms with van der Waals surface area (Å²) in [7, 11) is 0. The Kier molecular flexibility index (Phi) is 11.0. The van der Waals surface area contributed by atoms with Gasteiger partial charge in [-0.3, -0.25) is 0 Å². The van der Waals surface area contributed by atoms with E-state index in [9.17, 15) is 0 Å². The van der Waals surface area contributed by atoms with Crippen molar-refractivity contribution >= 4 is 23.5 Å². The molecule has 3 aromatic carbocycles. The highest BCUT2D eigenvalue weighted by Crippen LogP contribution is 2.41. The van der Waals surface area contributed by atoms with Crippen LogP contribution in [0.4, 0.5) is 0 Å². The first kappa shape index (κ1) is 27.8. The van der Waals surface area contributed by atoms with Crippen molar-refractivity contribution in [3.63, 3.8) is 0 Å². The zero-order valence-electron chi connectivity index (χ0n) is 21.9. The summed E-state index contributed by atoms with van der Waals surface area (Å²) in [4.78, 5) is 0. The number of thioether (sulfide) groups is 2. The molecule has 202 valence electrons. The van der Waals surface area contributed by atoms with Gasteiger partial charge in [-0.2, -0.15) is 0 Å². The Bertz CT molecular complexity index is 1050. The van der Waals surface area contributed by atoms with Crippen LogP contribution in [-0.2, 0) is 38.8 Å². The molecule has 0 amide bonds. The highest BCUT2D eigenvalue weighted by Gasteiger charge is 2.44. The van der Waals surface area contributed by atoms with Gasteiger partial charge in [-0.1, -0.05) is 91.0 Å². The van der Waals surface area contributed by atoms with Gasteiger partial charge in [-0.05, 0) is 41.0 Å². The fraction of sp³-hybridized carbons (Fsp3) is 0.438. The van der Waals surface area contributed by atoms with Crippen LogP contribution >= 0.6 is 23.5 Å². The zero-order valence-corrected chi connectivity index (χ0v) is 23.5. The second-order valence-corrected chi connectivity index (χ2v) is 12.6. The topological polar surface area (TPSA) is 36.9 Å². The molecular formula is C32H38O4S2. The van der Waals surface area contributed by atoms with Crippen molar-refractivity contribution < 1.29 is 18.9 Å². The van der Waals surface area contributed by atoms with Gasteiger partial charge in [0.05, 0.1) is 36.6 Å². The summed E-state index contributed by atoms with van der Waals surface area (Å²) in [6.45, 7) is 2.43.